The van der Waals surface area contributed by atoms with Gasteiger partial charge in [0.25, 0.3) is 10.2 Å². The van der Waals surface area contributed by atoms with Crippen LogP contribution >= 0.6 is 0 Å². The van der Waals surface area contributed by atoms with Gasteiger partial charge in [-0.25, -0.2) is 19.8 Å². The Balaban J connectivity index is 1.82. The molecule has 1 aromatic heterocycles. The van der Waals surface area contributed by atoms with Gasteiger partial charge in [0.15, 0.2) is 11.5 Å². The molecule has 0 aliphatic carbocycles. The van der Waals surface area contributed by atoms with Gasteiger partial charge < -0.3 is 14.4 Å². The third kappa shape index (κ3) is 4.76. The number of anilines is 1. The number of methoxy groups -OCH3 is 2. The Hall–Kier alpha value is -2.17. The summed E-state index contributed by atoms with van der Waals surface area (Å²) in [4.78, 5) is 11.1. The standard InChI is InChI=1S/C17H25N5O4S/c1-25-15-8-13-14(9-16(15)26-2)19-11-20-17(13)22-6-3-4-12(5-7-22)10-21-27(18,23)24/h8-9,11-12,21H,3-7,10H2,1-2H3,(H2,18,23,24). The lowest BCUT2D eigenvalue weighted by Crippen LogP contribution is -2.35. The van der Waals surface area contributed by atoms with Crippen molar-refractivity contribution in [3.63, 3.8) is 0 Å². The average Bonchev–Trinajstić information content (AvgIpc) is 2.89. The number of nitrogens with one attached hydrogen (secondary N) is 1. The minimum atomic E-state index is -3.65. The lowest BCUT2D eigenvalue weighted by molar-refractivity contribution is 0.356. The molecule has 0 amide bonds. The van der Waals surface area contributed by atoms with E-state index in [1.165, 1.54) is 0 Å². The fourth-order valence-electron chi connectivity index (χ4n) is 3.44. The van der Waals surface area contributed by atoms with Crippen molar-refractivity contribution in [1.29, 1.82) is 0 Å². The summed E-state index contributed by atoms with van der Waals surface area (Å²) < 4.78 is 35.4. The van der Waals surface area contributed by atoms with Crippen LogP contribution in [0.5, 0.6) is 11.5 Å². The predicted octanol–water partition coefficient (Wildman–Crippen LogP) is 1.05. The van der Waals surface area contributed by atoms with Crippen molar-refractivity contribution in [3.8, 4) is 11.5 Å². The van der Waals surface area contributed by atoms with Crippen molar-refractivity contribution in [2.75, 3.05) is 38.8 Å². The Labute approximate surface area is 159 Å². The van der Waals surface area contributed by atoms with E-state index in [2.05, 4.69) is 19.6 Å². The second-order valence-corrected chi connectivity index (χ2v) is 7.98. The molecule has 148 valence electrons. The molecule has 27 heavy (non-hydrogen) atoms. The van der Waals surface area contributed by atoms with E-state index >= 15 is 0 Å². The van der Waals surface area contributed by atoms with E-state index in [0.29, 0.717) is 18.0 Å². The third-order valence-corrected chi connectivity index (χ3v) is 5.41. The van der Waals surface area contributed by atoms with Crippen LogP contribution in [0.2, 0.25) is 0 Å². The first kappa shape index (κ1) is 19.6. The van der Waals surface area contributed by atoms with Gasteiger partial charge >= 0.3 is 0 Å². The minimum Gasteiger partial charge on any atom is -0.493 e. The van der Waals surface area contributed by atoms with Gasteiger partial charge in [-0.1, -0.05) is 0 Å². The highest BCUT2D eigenvalue weighted by Gasteiger charge is 2.21. The van der Waals surface area contributed by atoms with E-state index in [0.717, 1.165) is 49.1 Å². The number of hydrogen-bond acceptors (Lipinski definition) is 7. The molecule has 9 nitrogen and oxygen atoms in total. The molecular weight excluding hydrogens is 370 g/mol. The van der Waals surface area contributed by atoms with Crippen LogP contribution in [0.25, 0.3) is 10.9 Å². The Morgan fingerprint density at radius 3 is 2.63 bits per heavy atom. The highest BCUT2D eigenvalue weighted by molar-refractivity contribution is 7.87. The SMILES string of the molecule is COc1cc2ncnc(N3CCCC(CNS(N)(=O)=O)CC3)c2cc1OC. The van der Waals surface area contributed by atoms with E-state index < -0.39 is 10.2 Å². The van der Waals surface area contributed by atoms with Crippen molar-refractivity contribution >= 4 is 26.9 Å². The molecule has 2 aromatic rings. The summed E-state index contributed by atoms with van der Waals surface area (Å²) in [6.07, 6.45) is 4.27. The van der Waals surface area contributed by atoms with Crippen LogP contribution in [0.4, 0.5) is 5.82 Å². The largest absolute Gasteiger partial charge is 0.493 e. The normalized spacial score (nSPS) is 18.3. The van der Waals surface area contributed by atoms with Gasteiger partial charge in [0.2, 0.25) is 0 Å². The Bertz CT molecular complexity index is 906. The number of hydrogen-bond donors (Lipinski definition) is 2. The molecular formula is C17H25N5O4S. The summed E-state index contributed by atoms with van der Waals surface area (Å²) in [6, 6.07) is 3.74. The summed E-state index contributed by atoms with van der Waals surface area (Å²) >= 11 is 0. The second-order valence-electron chi connectivity index (χ2n) is 6.60. The smallest absolute Gasteiger partial charge is 0.274 e. The van der Waals surface area contributed by atoms with Gasteiger partial charge in [-0.15, -0.1) is 0 Å². The first-order valence-electron chi connectivity index (χ1n) is 8.80. The fraction of sp³-hybridized carbons (Fsp3) is 0.529. The number of rotatable bonds is 6. The fourth-order valence-corrected chi connectivity index (χ4v) is 3.90. The molecule has 2 heterocycles. The highest BCUT2D eigenvalue weighted by Crippen LogP contribution is 2.35. The van der Waals surface area contributed by atoms with Crippen LogP contribution in [0, 0.1) is 5.92 Å². The molecule has 0 bridgehead atoms. The number of benzene rings is 1. The molecule has 0 radical (unpaired) electrons. The maximum Gasteiger partial charge on any atom is 0.274 e. The quantitative estimate of drug-likeness (QED) is 0.750. The maximum absolute atomic E-state index is 11.1. The molecule has 3 N–H and O–H groups in total. The highest BCUT2D eigenvalue weighted by atomic mass is 32.2. The van der Waals surface area contributed by atoms with Crippen molar-refractivity contribution in [3.05, 3.63) is 18.5 Å². The molecule has 1 unspecified atom stereocenters. The summed E-state index contributed by atoms with van der Waals surface area (Å²) in [6.45, 7) is 1.98. The lowest BCUT2D eigenvalue weighted by Gasteiger charge is -2.23. The molecule has 10 heteroatoms. The molecule has 1 aliphatic rings. The molecule has 0 spiro atoms. The van der Waals surface area contributed by atoms with Crippen LogP contribution in [0.15, 0.2) is 18.5 Å². The summed E-state index contributed by atoms with van der Waals surface area (Å²) in [5.74, 6) is 2.35. The summed E-state index contributed by atoms with van der Waals surface area (Å²) in [5, 5.41) is 5.93. The first-order valence-corrected chi connectivity index (χ1v) is 10.3. The van der Waals surface area contributed by atoms with Gasteiger partial charge in [-0.05, 0) is 31.2 Å². The third-order valence-electron chi connectivity index (χ3n) is 4.84. The van der Waals surface area contributed by atoms with Crippen LogP contribution in [0.1, 0.15) is 19.3 Å². The molecule has 0 saturated carbocycles. The zero-order valence-electron chi connectivity index (χ0n) is 15.5. The molecule has 1 aromatic carbocycles. The number of ether oxygens (including phenoxy) is 2. The molecule has 1 fully saturated rings. The zero-order chi connectivity index (χ0) is 19.4. The molecule has 1 aliphatic heterocycles. The summed E-state index contributed by atoms with van der Waals surface area (Å²) in [5.41, 5.74) is 0.786. The van der Waals surface area contributed by atoms with Gasteiger partial charge in [0.1, 0.15) is 12.1 Å². The van der Waals surface area contributed by atoms with Crippen molar-refractivity contribution in [2.24, 2.45) is 11.1 Å². The first-order chi connectivity index (χ1) is 12.9. The zero-order valence-corrected chi connectivity index (χ0v) is 16.3. The molecule has 1 atom stereocenters. The Morgan fingerprint density at radius 2 is 1.93 bits per heavy atom. The van der Waals surface area contributed by atoms with Gasteiger partial charge in [0, 0.05) is 31.1 Å². The van der Waals surface area contributed by atoms with Crippen LogP contribution in [-0.2, 0) is 10.2 Å². The van der Waals surface area contributed by atoms with E-state index in [9.17, 15) is 8.42 Å². The topological polar surface area (TPSA) is 120 Å². The van der Waals surface area contributed by atoms with Gasteiger partial charge in [-0.3, -0.25) is 0 Å². The monoisotopic (exact) mass is 395 g/mol. The Kier molecular flexibility index (Phi) is 5.98. The minimum absolute atomic E-state index is 0.246. The van der Waals surface area contributed by atoms with Crippen LogP contribution in [-0.4, -0.2) is 52.2 Å². The van der Waals surface area contributed by atoms with E-state index in [1.807, 2.05) is 12.1 Å². The van der Waals surface area contributed by atoms with Crippen molar-refractivity contribution < 1.29 is 17.9 Å². The second kappa shape index (κ2) is 8.24. The summed E-state index contributed by atoms with van der Waals surface area (Å²) in [7, 11) is -0.461. The van der Waals surface area contributed by atoms with Crippen molar-refractivity contribution in [1.82, 2.24) is 14.7 Å². The van der Waals surface area contributed by atoms with E-state index in [4.69, 9.17) is 14.6 Å². The predicted molar refractivity (Wildman–Crippen MR) is 103 cm³/mol. The maximum atomic E-state index is 11.1. The van der Waals surface area contributed by atoms with Crippen LogP contribution < -0.4 is 24.2 Å². The van der Waals surface area contributed by atoms with Gasteiger partial charge in [-0.2, -0.15) is 8.42 Å². The number of fused-ring (bicyclic) bond motifs is 1. The number of aromatic nitrogens is 2. The average molecular weight is 395 g/mol. The molecule has 3 rings (SSSR count). The Morgan fingerprint density at radius 1 is 1.19 bits per heavy atom. The van der Waals surface area contributed by atoms with E-state index in [-0.39, 0.29) is 5.92 Å². The van der Waals surface area contributed by atoms with Gasteiger partial charge in [0.05, 0.1) is 19.7 Å². The number of nitrogens with zero attached hydrogens (tertiary/aromatic N) is 3. The lowest BCUT2D eigenvalue weighted by atomic mass is 10.0. The van der Waals surface area contributed by atoms with E-state index in [1.54, 1.807) is 20.5 Å². The number of nitrogens with two attached hydrogens (primary N) is 1. The molecule has 1 saturated heterocycles. The van der Waals surface area contributed by atoms with Crippen molar-refractivity contribution in [2.45, 2.75) is 19.3 Å². The van der Waals surface area contributed by atoms with Crippen LogP contribution in [0.3, 0.4) is 0 Å².